The Hall–Kier alpha value is -3.89. The minimum Gasteiger partial charge on any atom is -0.305 e. The lowest BCUT2D eigenvalue weighted by molar-refractivity contribution is -0.109. The Morgan fingerprint density at radius 1 is 0.542 bits per heavy atom. The van der Waals surface area contributed by atoms with Crippen LogP contribution in [-0.4, -0.2) is 53.3 Å². The topological polar surface area (TPSA) is 60.9 Å². The maximum absolute atomic E-state index is 15.5. The second-order valence-corrected chi connectivity index (χ2v) is 16.4. The van der Waals surface area contributed by atoms with Crippen LogP contribution in [0.5, 0.6) is 0 Å². The summed E-state index contributed by atoms with van der Waals surface area (Å²) in [5, 5.41) is 2.43. The first-order valence-corrected chi connectivity index (χ1v) is 19.6. The fraction of sp³-hybridized carbons (Fsp3) is 0.225. The van der Waals surface area contributed by atoms with E-state index in [0.717, 1.165) is 39.7 Å². The lowest BCUT2D eigenvalue weighted by atomic mass is 10.2. The molecule has 5 aromatic carbocycles. The third-order valence-electron chi connectivity index (χ3n) is 8.45. The Morgan fingerprint density at radius 2 is 0.979 bits per heavy atom. The average Bonchev–Trinajstić information content (AvgIpc) is 3.15. The van der Waals surface area contributed by atoms with Crippen molar-refractivity contribution in [2.75, 3.05) is 32.7 Å². The van der Waals surface area contributed by atoms with E-state index in [1.807, 2.05) is 127 Å². The number of rotatable bonds is 19. The first kappa shape index (κ1) is 35.4. The summed E-state index contributed by atoms with van der Waals surface area (Å²) in [7, 11) is -5.47. The molecule has 8 heteroatoms. The predicted octanol–water partition coefficient (Wildman–Crippen LogP) is 7.00. The molecule has 0 bridgehead atoms. The molecule has 1 atom stereocenters. The molecule has 248 valence electrons. The summed E-state index contributed by atoms with van der Waals surface area (Å²) in [5.74, 6) is 0. The van der Waals surface area contributed by atoms with Crippen molar-refractivity contribution in [1.29, 1.82) is 0 Å². The first-order valence-electron chi connectivity index (χ1n) is 16.6. The predicted molar refractivity (Wildman–Crippen MR) is 200 cm³/mol. The summed E-state index contributed by atoms with van der Waals surface area (Å²) >= 11 is 0. The molecule has 0 spiro atoms. The Bertz CT molecular complexity index is 1680. The van der Waals surface area contributed by atoms with Gasteiger partial charge in [0, 0.05) is 55.2 Å². The molecule has 0 saturated heterocycles. The molecule has 0 radical (unpaired) electrons. The van der Waals surface area contributed by atoms with Gasteiger partial charge in [-0.25, -0.2) is 9.34 Å². The normalized spacial score (nSPS) is 12.4. The molecule has 0 aliphatic rings. The van der Waals surface area contributed by atoms with Crippen molar-refractivity contribution < 1.29 is 13.9 Å². The van der Waals surface area contributed by atoms with Gasteiger partial charge in [-0.3, -0.25) is 9.46 Å². The van der Waals surface area contributed by atoms with E-state index in [4.69, 9.17) is 0 Å². The molecule has 0 fully saturated rings. The number of carbonyl (C=O) groups is 1. The molecule has 6 nitrogen and oxygen atoms in total. The fourth-order valence-corrected chi connectivity index (χ4v) is 10.5. The summed E-state index contributed by atoms with van der Waals surface area (Å²) in [4.78, 5) is 13.7. The smallest absolute Gasteiger partial charge is 0.207 e. The quantitative estimate of drug-likeness (QED) is 0.0693. The molecule has 0 heterocycles. The van der Waals surface area contributed by atoms with Gasteiger partial charge < -0.3 is 9.36 Å². The largest absolute Gasteiger partial charge is 0.305 e. The Morgan fingerprint density at radius 3 is 1.48 bits per heavy atom. The highest BCUT2D eigenvalue weighted by molar-refractivity contribution is 7.76. The van der Waals surface area contributed by atoms with Crippen LogP contribution in [0.4, 0.5) is 0 Å². The van der Waals surface area contributed by atoms with E-state index < -0.39 is 15.2 Å². The Kier molecular flexibility index (Phi) is 13.7. The van der Waals surface area contributed by atoms with Crippen molar-refractivity contribution in [1.82, 2.24) is 14.2 Å². The van der Waals surface area contributed by atoms with Crippen molar-refractivity contribution in [3.05, 3.63) is 163 Å². The average molecular weight is 678 g/mol. The van der Waals surface area contributed by atoms with E-state index in [-0.39, 0.29) is 0 Å². The minimum absolute atomic E-state index is 0.339. The summed E-state index contributed by atoms with van der Waals surface area (Å²) in [5.41, 5.74) is 2.26. The Labute approximate surface area is 286 Å². The lowest BCUT2D eigenvalue weighted by Gasteiger charge is -2.34. The zero-order chi connectivity index (χ0) is 33.4. The number of hydrogen-bond donors (Lipinski definition) is 0. The van der Waals surface area contributed by atoms with Crippen molar-refractivity contribution in [2.24, 2.45) is 0 Å². The third-order valence-corrected chi connectivity index (χ3v) is 13.4. The number of benzene rings is 5. The molecule has 1 unspecified atom stereocenters. The van der Waals surface area contributed by atoms with Crippen LogP contribution < -0.4 is 15.9 Å². The van der Waals surface area contributed by atoms with Crippen molar-refractivity contribution in [2.45, 2.75) is 25.9 Å². The second kappa shape index (κ2) is 18.6. The van der Waals surface area contributed by atoms with Crippen LogP contribution in [0.2, 0.25) is 0 Å². The molecule has 0 saturated carbocycles. The number of nitrogens with zero attached hydrogens (tertiary/aromatic N) is 3. The summed E-state index contributed by atoms with van der Waals surface area (Å²) in [6.45, 7) is 4.01. The highest BCUT2D eigenvalue weighted by Gasteiger charge is 2.34. The molecule has 0 aliphatic heterocycles. The molecule has 0 aliphatic carbocycles. The number of carbonyl (C=O) groups excluding carboxylic acids is 1. The lowest BCUT2D eigenvalue weighted by Crippen LogP contribution is -2.36. The van der Waals surface area contributed by atoms with Gasteiger partial charge in [-0.2, -0.15) is 0 Å². The van der Waals surface area contributed by atoms with E-state index in [1.165, 1.54) is 0 Å². The van der Waals surface area contributed by atoms with Gasteiger partial charge in [-0.05, 0) is 48.2 Å². The van der Waals surface area contributed by atoms with E-state index >= 15 is 4.57 Å². The van der Waals surface area contributed by atoms with Gasteiger partial charge in [-0.15, -0.1) is 0 Å². The summed E-state index contributed by atoms with van der Waals surface area (Å²) in [6.07, 6.45) is 2.37. The highest BCUT2D eigenvalue weighted by Crippen LogP contribution is 2.47. The fourth-order valence-electron chi connectivity index (χ4n) is 6.05. The maximum Gasteiger partial charge on any atom is 0.207 e. The second-order valence-electron chi connectivity index (χ2n) is 11.9. The number of aldehydes is 1. The van der Waals surface area contributed by atoms with Crippen LogP contribution in [0.25, 0.3) is 0 Å². The van der Waals surface area contributed by atoms with E-state index in [2.05, 4.69) is 38.5 Å². The molecule has 5 aromatic rings. The zero-order valence-corrected chi connectivity index (χ0v) is 29.3. The van der Waals surface area contributed by atoms with E-state index in [0.29, 0.717) is 52.2 Å². The van der Waals surface area contributed by atoms with E-state index in [1.54, 1.807) is 0 Å². The number of hydrogen-bond acceptors (Lipinski definition) is 4. The van der Waals surface area contributed by atoms with Gasteiger partial charge >= 0.3 is 0 Å². The van der Waals surface area contributed by atoms with Gasteiger partial charge in [0.05, 0.1) is 6.54 Å². The van der Waals surface area contributed by atoms with Gasteiger partial charge in [0.1, 0.15) is 6.29 Å². The molecule has 5 rings (SSSR count). The van der Waals surface area contributed by atoms with Crippen LogP contribution in [0.1, 0.15) is 24.0 Å². The van der Waals surface area contributed by atoms with Crippen LogP contribution in [0, 0.1) is 0 Å². The van der Waals surface area contributed by atoms with Crippen LogP contribution >= 0.6 is 15.2 Å². The highest BCUT2D eigenvalue weighted by atomic mass is 31.2. The molecule has 0 N–H and O–H groups in total. The van der Waals surface area contributed by atoms with Gasteiger partial charge in [0.25, 0.3) is 0 Å². The molecule has 0 aromatic heterocycles. The summed E-state index contributed by atoms with van der Waals surface area (Å²) < 4.78 is 33.7. The molecular weight excluding hydrogens is 632 g/mol. The van der Waals surface area contributed by atoms with Gasteiger partial charge in [0.15, 0.2) is 7.95 Å². The monoisotopic (exact) mass is 677 g/mol. The van der Waals surface area contributed by atoms with Crippen LogP contribution in [0.15, 0.2) is 152 Å². The van der Waals surface area contributed by atoms with Crippen molar-refractivity contribution in [3.8, 4) is 0 Å². The zero-order valence-electron chi connectivity index (χ0n) is 27.4. The summed E-state index contributed by atoms with van der Waals surface area (Å²) in [6, 6.07) is 49.5. The van der Waals surface area contributed by atoms with Crippen molar-refractivity contribution >= 4 is 37.4 Å². The first-order chi connectivity index (χ1) is 23.6. The standard InChI is InChI=1S/C40H45N3O3P2/c44-33-32-41(34-36-18-6-1-7-19-36)28-16-30-43(48(46,39-24-12-4-13-25-39)40-26-14-5-15-27-40)31-17-29-42(35-37-20-8-2-9-21-37)47(45)38-22-10-3-11-23-38/h1-15,18-27,33,47H,16-17,28-32,34-35H2. The van der Waals surface area contributed by atoms with Crippen LogP contribution in [-0.2, 0) is 27.0 Å². The van der Waals surface area contributed by atoms with Crippen LogP contribution in [0.3, 0.4) is 0 Å². The van der Waals surface area contributed by atoms with Gasteiger partial charge in [0.2, 0.25) is 7.29 Å². The van der Waals surface area contributed by atoms with Gasteiger partial charge in [-0.1, -0.05) is 127 Å². The third kappa shape index (κ3) is 9.82. The maximum atomic E-state index is 15.5. The molecular formula is C40H45N3O3P2. The SMILES string of the molecule is O=CCN(CCCN(CCCN(Cc1ccccc1)[PH](=O)c1ccccc1)P(=O)(c1ccccc1)c1ccccc1)Cc1ccccc1. The Balaban J connectivity index is 1.39. The molecule has 0 amide bonds. The van der Waals surface area contributed by atoms with E-state index in [9.17, 15) is 9.36 Å². The minimum atomic E-state index is -3.23. The molecule has 48 heavy (non-hydrogen) atoms. The van der Waals surface area contributed by atoms with Crippen molar-refractivity contribution in [3.63, 3.8) is 0 Å².